The number of rotatable bonds is 37. The van der Waals surface area contributed by atoms with Gasteiger partial charge in [0, 0.05) is 90.8 Å². The molecule has 8 aliphatic rings. The van der Waals surface area contributed by atoms with E-state index in [2.05, 4.69) is 87.7 Å². The topological polar surface area (TPSA) is 563 Å². The Balaban J connectivity index is 0.000000210. The Kier molecular flexibility index (Phi) is 39.5. The highest BCUT2D eigenvalue weighted by Crippen LogP contribution is 2.38. The normalized spacial score (nSPS) is 19.5. The number of hydrazine groups is 4. The molecule has 0 bridgehead atoms. The van der Waals surface area contributed by atoms with Crippen molar-refractivity contribution in [3.05, 3.63) is 119 Å². The van der Waals surface area contributed by atoms with E-state index in [0.717, 1.165) is 70.6 Å². The maximum atomic E-state index is 13.6. The first-order chi connectivity index (χ1) is 66.3. The molecule has 2 saturated carbocycles. The maximum Gasteiger partial charge on any atom is 0.412 e. The van der Waals surface area contributed by atoms with Gasteiger partial charge in [-0.25, -0.2) is 29.2 Å². The minimum absolute atomic E-state index is 0.000750. The molecule has 0 radical (unpaired) electrons. The van der Waals surface area contributed by atoms with Crippen LogP contribution in [0.4, 0.5) is 20.7 Å². The Hall–Kier alpha value is -14.5. The SMILES string of the molecule is C#CC(=O)N(C[C@@H]1CCNC1=O)NC(=O)[C@@H](CC(=O)[C@H](Cc1ccc(F)cc1)NC(=O)c1cc(C)on1)CC(C)C.C=CC(=O)N(C[C@@H]1CCNC1=O)NC(=O)[C@H](CC(C)C)N1CC[C@H](NC(C)=O)C1=O.C=CC(=O)N(C[C@@H]1CCNC1=O)NC(=O)[C@H](CC1CC1)N1CC[C@H](Nc2ccnn2C)C1=O.CC(=O)C(=O)N(C[C@@H]1CCNC1=O)NC(=O)[C@H](CC1CC1)n1cccc(NC(=O)OC(C)(C)C)c1=O. The Bertz CT molecular complexity index is 5360. The number of nitrogens with one attached hydrogen (secondary N) is 12. The van der Waals surface area contributed by atoms with Crippen LogP contribution in [0.1, 0.15) is 186 Å². The van der Waals surface area contributed by atoms with Gasteiger partial charge in [0.15, 0.2) is 11.5 Å². The lowest BCUT2D eigenvalue weighted by Crippen LogP contribution is -2.56. The average Bonchev–Trinajstić information content (AvgIpc) is 1.58. The van der Waals surface area contributed by atoms with E-state index in [4.69, 9.17) is 15.7 Å². The van der Waals surface area contributed by atoms with Crippen LogP contribution >= 0.6 is 0 Å². The lowest BCUT2D eigenvalue weighted by atomic mass is 9.88. The van der Waals surface area contributed by atoms with E-state index in [1.54, 1.807) is 56.6 Å². The summed E-state index contributed by atoms with van der Waals surface area (Å²) in [5.41, 5.74) is 9.36. The number of Topliss-reactive ketones (excluding diaryl/α,β-unsaturated/α-hetero) is 2. The van der Waals surface area contributed by atoms with Crippen LogP contribution in [0.15, 0.2) is 95.6 Å². The van der Waals surface area contributed by atoms with Crippen LogP contribution in [-0.2, 0) is 99.7 Å². The number of benzene rings is 1. The smallest absolute Gasteiger partial charge is 0.412 e. The fraction of sp³-hybridized carbons (Fsp3) is 0.558. The Morgan fingerprint density at radius 3 is 1.56 bits per heavy atom. The molecular formula is C95H129FN22O22. The second-order valence-electron chi connectivity index (χ2n) is 37.8. The zero-order valence-electron chi connectivity index (χ0n) is 80.8. The summed E-state index contributed by atoms with van der Waals surface area (Å²) in [7, 11) is 1.79. The highest BCUT2D eigenvalue weighted by atomic mass is 19.1. The van der Waals surface area contributed by atoms with Gasteiger partial charge in [-0.3, -0.25) is 123 Å². The number of amides is 17. The highest BCUT2D eigenvalue weighted by molar-refractivity contribution is 6.35. The molecule has 4 aromatic rings. The lowest BCUT2D eigenvalue weighted by Gasteiger charge is -2.32. The minimum Gasteiger partial charge on any atom is -0.444 e. The van der Waals surface area contributed by atoms with Crippen molar-refractivity contribution in [2.45, 2.75) is 214 Å². The summed E-state index contributed by atoms with van der Waals surface area (Å²) in [4.78, 5) is 255. The Morgan fingerprint density at radius 2 is 1.10 bits per heavy atom. The van der Waals surface area contributed by atoms with Crippen molar-refractivity contribution in [3.8, 4) is 12.3 Å². The van der Waals surface area contributed by atoms with E-state index in [9.17, 15) is 100 Å². The molecule has 0 spiro atoms. The molecule has 44 nitrogen and oxygen atoms in total. The molecule has 45 heteroatoms. The van der Waals surface area contributed by atoms with Crippen molar-refractivity contribution >= 4 is 124 Å². The van der Waals surface area contributed by atoms with Gasteiger partial charge in [-0.15, -0.1) is 6.42 Å². The van der Waals surface area contributed by atoms with Gasteiger partial charge in [0.05, 0.1) is 62.1 Å². The van der Waals surface area contributed by atoms with Crippen molar-refractivity contribution < 1.29 is 105 Å². The summed E-state index contributed by atoms with van der Waals surface area (Å²) < 4.78 is 26.5. The molecule has 140 heavy (non-hydrogen) atoms. The summed E-state index contributed by atoms with van der Waals surface area (Å²) in [6.45, 7) is 26.2. The molecule has 2 aliphatic carbocycles. The summed E-state index contributed by atoms with van der Waals surface area (Å²) in [5, 5.41) is 33.5. The van der Waals surface area contributed by atoms with Crippen LogP contribution in [0.5, 0.6) is 0 Å². The van der Waals surface area contributed by atoms with Gasteiger partial charge >= 0.3 is 17.9 Å². The van der Waals surface area contributed by atoms with Crippen molar-refractivity contribution in [3.63, 3.8) is 0 Å². The number of ether oxygens (including phenoxy) is 1. The molecule has 12 rings (SSSR count). The first-order valence-corrected chi connectivity index (χ1v) is 47.0. The van der Waals surface area contributed by atoms with Crippen molar-refractivity contribution in [1.82, 2.24) is 103 Å². The third kappa shape index (κ3) is 32.3. The van der Waals surface area contributed by atoms with Crippen LogP contribution in [0.2, 0.25) is 0 Å². The molecule has 3 aromatic heterocycles. The molecule has 11 atom stereocenters. The number of aromatic nitrogens is 4. The van der Waals surface area contributed by atoms with Crippen LogP contribution in [0, 0.1) is 78.3 Å². The number of anilines is 2. The monoisotopic (exact) mass is 1950 g/mol. The molecule has 6 aliphatic heterocycles. The molecule has 0 unspecified atom stereocenters. The quantitative estimate of drug-likeness (QED) is 0.0133. The van der Waals surface area contributed by atoms with Gasteiger partial charge in [0.2, 0.25) is 53.0 Å². The number of halogens is 1. The second kappa shape index (κ2) is 50.7. The fourth-order valence-electron chi connectivity index (χ4n) is 16.7. The summed E-state index contributed by atoms with van der Waals surface area (Å²) >= 11 is 0. The van der Waals surface area contributed by atoms with E-state index >= 15 is 0 Å². The predicted octanol–water partition coefficient (Wildman–Crippen LogP) is 1.94. The average molecular weight is 1950 g/mol. The zero-order chi connectivity index (χ0) is 103. The largest absolute Gasteiger partial charge is 0.444 e. The number of hydrogen-bond acceptors (Lipinski definition) is 25. The first-order valence-electron chi connectivity index (χ1n) is 47.0. The number of carbonyl (C=O) groups excluding carboxylic acids is 19. The first kappa shape index (κ1) is 109. The van der Waals surface area contributed by atoms with E-state index in [-0.39, 0.29) is 110 Å². The molecule has 17 amide bonds. The summed E-state index contributed by atoms with van der Waals surface area (Å²) in [6, 6.07) is 6.98. The van der Waals surface area contributed by atoms with Crippen molar-refractivity contribution in [2.75, 3.05) is 76.1 Å². The maximum absolute atomic E-state index is 13.6. The van der Waals surface area contributed by atoms with Gasteiger partial charge in [-0.05, 0) is 170 Å². The molecule has 6 saturated heterocycles. The lowest BCUT2D eigenvalue weighted by molar-refractivity contribution is -0.150. The van der Waals surface area contributed by atoms with Gasteiger partial charge < -0.3 is 60.8 Å². The zero-order valence-corrected chi connectivity index (χ0v) is 80.8. The van der Waals surface area contributed by atoms with Crippen molar-refractivity contribution in [2.24, 2.45) is 60.3 Å². The summed E-state index contributed by atoms with van der Waals surface area (Å²) in [6.07, 6.45) is 18.0. The molecule has 1 aromatic carbocycles. The number of aryl methyl sites for hydroxylation is 2. The van der Waals surface area contributed by atoms with Gasteiger partial charge in [-0.2, -0.15) is 5.10 Å². The molecule has 758 valence electrons. The summed E-state index contributed by atoms with van der Waals surface area (Å²) in [5.74, 6) is -7.93. The number of pyridine rings is 1. The van der Waals surface area contributed by atoms with E-state index in [1.165, 1.54) is 65.1 Å². The van der Waals surface area contributed by atoms with Gasteiger partial charge in [0.25, 0.3) is 41.0 Å². The molecule has 8 fully saturated rings. The Morgan fingerprint density at radius 1 is 0.621 bits per heavy atom. The molecular weight excluding hydrogens is 1820 g/mol. The Labute approximate surface area is 809 Å². The van der Waals surface area contributed by atoms with Crippen LogP contribution in [0.25, 0.3) is 0 Å². The molecule has 12 N–H and O–H groups in total. The van der Waals surface area contributed by atoms with Gasteiger partial charge in [-0.1, -0.05) is 83.8 Å². The van der Waals surface area contributed by atoms with Crippen LogP contribution in [0.3, 0.4) is 0 Å². The predicted molar refractivity (Wildman–Crippen MR) is 501 cm³/mol. The standard InChI is InChI=1S/C29H34FN5O6.C24H33N5O7.C22H31N7O4.C20H31N5O5/c1-5-26(37)35(16-20-10-11-31-27(20)38)33-28(39)21(12-17(2)3)15-25(36)23(14-19-6-8-22(30)9-7-19)32-29(40)24-13-18(4)41-34-24;1-14(30)21(33)29(13-16-9-10-25-19(16)31)27-20(32)18(12-15-7-8-15)28-11-5-6-17(22(28)34)26-23(35)36-24(2,3)4;1-3-19(30)29(13-15-6-9-23-20(15)31)26-21(32)17(12-14-4-5-14)28-11-8-16(22(28)33)25-18-7-10-24-27(18)2;1-5-17(27)25(11-14-6-8-21-18(14)28)23-19(29)16(10-12(2)3)24-9-7-15(20(24)30)22-13(4)26/h1,6-9,13,17,20-21,23H,10-12,14-16H2,2-4H3,(H,31,38)(H,32,40)(H,33,39);5-6,11,15-16,18H,7-10,12-13H2,1-4H3,(H,25,31)(H,26,35)(H,27,32);3,7,10,14-17,25H,1,4-6,8-9,11-13H2,2H3,(H,23,31)(H,26,32);5,12,14-16H,1,6-11H2,2-4H3,(H,21,28)(H,22,26)(H,23,29)/t20-,21+,23-;16-,18-;15-,16-,17-;14-,15-,16-/m0000/s1. The number of likely N-dealkylation sites (tertiary alicyclic amines) is 2. The minimum atomic E-state index is -1.07. The number of carbonyl (C=O) groups is 19. The van der Waals surface area contributed by atoms with E-state index in [0.29, 0.717) is 121 Å². The van der Waals surface area contributed by atoms with Gasteiger partial charge in [0.1, 0.15) is 58.9 Å². The third-order valence-corrected chi connectivity index (χ3v) is 24.3. The van der Waals surface area contributed by atoms with Crippen molar-refractivity contribution in [1.29, 1.82) is 0 Å². The fourth-order valence-corrected chi connectivity index (χ4v) is 16.7. The van der Waals surface area contributed by atoms with Crippen LogP contribution < -0.4 is 69.8 Å². The number of hydrogen-bond donors (Lipinski definition) is 12. The molecule has 9 heterocycles. The van der Waals surface area contributed by atoms with Crippen LogP contribution in [-0.4, -0.2) is 263 Å². The van der Waals surface area contributed by atoms with E-state index < -0.39 is 154 Å². The highest BCUT2D eigenvalue weighted by Gasteiger charge is 2.46. The second-order valence-corrected chi connectivity index (χ2v) is 37.8. The number of nitrogens with zero attached hydrogens (tertiary/aromatic N) is 10. The number of terminal acetylenes is 1. The van der Waals surface area contributed by atoms with E-state index in [1.807, 2.05) is 33.6 Å². The third-order valence-electron chi connectivity index (χ3n) is 24.3. The number of ketones is 2.